The molecule has 21 heavy (non-hydrogen) atoms. The summed E-state index contributed by atoms with van der Waals surface area (Å²) in [4.78, 5) is 23.1. The number of amides is 2. The van der Waals surface area contributed by atoms with Gasteiger partial charge in [-0.15, -0.1) is 0 Å². The molecule has 0 radical (unpaired) electrons. The maximum absolute atomic E-state index is 11.8. The van der Waals surface area contributed by atoms with Crippen LogP contribution < -0.4 is 10.9 Å². The first-order valence-corrected chi connectivity index (χ1v) is 6.52. The molecule has 0 bridgehead atoms. The molecule has 0 saturated carbocycles. The van der Waals surface area contributed by atoms with E-state index in [4.69, 9.17) is 9.62 Å². The molecule has 0 aliphatic rings. The molecule has 2 aromatic rings. The molecule has 8 heteroatoms. The predicted octanol–water partition coefficient (Wildman–Crippen LogP) is 1.93. The van der Waals surface area contributed by atoms with Crippen molar-refractivity contribution in [1.82, 2.24) is 10.9 Å². The van der Waals surface area contributed by atoms with Crippen molar-refractivity contribution in [3.05, 3.63) is 58.0 Å². The predicted molar refractivity (Wildman–Crippen MR) is 77.2 cm³/mol. The van der Waals surface area contributed by atoms with Gasteiger partial charge in [0.15, 0.2) is 4.67 Å². The van der Waals surface area contributed by atoms with Crippen molar-refractivity contribution in [2.45, 2.75) is 0 Å². The number of carbonyl (C=O) groups is 2. The molecule has 0 saturated heterocycles. The minimum Gasteiger partial charge on any atom is -0.448 e. The summed E-state index contributed by atoms with van der Waals surface area (Å²) < 4.78 is 5.73. The van der Waals surface area contributed by atoms with Gasteiger partial charge in [-0.3, -0.25) is 14.8 Å². The SMILES string of the molecule is O=C(NO)c1cccc(C(=O)N/N=C/c2ccc(Br)o2)c1. The van der Waals surface area contributed by atoms with E-state index in [0.29, 0.717) is 10.4 Å². The van der Waals surface area contributed by atoms with Crippen LogP contribution in [0.4, 0.5) is 0 Å². The third-order valence-corrected chi connectivity index (χ3v) is 2.87. The van der Waals surface area contributed by atoms with Gasteiger partial charge in [0.25, 0.3) is 11.8 Å². The molecule has 0 fully saturated rings. The number of nitrogens with one attached hydrogen (secondary N) is 2. The Hall–Kier alpha value is -2.45. The van der Waals surface area contributed by atoms with Gasteiger partial charge in [0, 0.05) is 11.1 Å². The Morgan fingerprint density at radius 2 is 1.90 bits per heavy atom. The van der Waals surface area contributed by atoms with Crippen molar-refractivity contribution in [2.24, 2.45) is 5.10 Å². The second-order valence-electron chi connectivity index (χ2n) is 3.86. The van der Waals surface area contributed by atoms with Crippen LogP contribution in [0.2, 0.25) is 0 Å². The first kappa shape index (κ1) is 14.9. The number of hydroxylamine groups is 1. The molecule has 108 valence electrons. The van der Waals surface area contributed by atoms with Crippen LogP contribution in [0.15, 0.2) is 50.6 Å². The highest BCUT2D eigenvalue weighted by Crippen LogP contribution is 2.12. The van der Waals surface area contributed by atoms with E-state index in [-0.39, 0.29) is 11.1 Å². The topological polar surface area (TPSA) is 104 Å². The number of hydrogen-bond donors (Lipinski definition) is 3. The van der Waals surface area contributed by atoms with Crippen LogP contribution in [0.1, 0.15) is 26.5 Å². The number of carbonyl (C=O) groups excluding carboxylic acids is 2. The molecule has 7 nitrogen and oxygen atoms in total. The molecule has 0 aliphatic carbocycles. The van der Waals surface area contributed by atoms with Gasteiger partial charge >= 0.3 is 0 Å². The Morgan fingerprint density at radius 3 is 2.52 bits per heavy atom. The van der Waals surface area contributed by atoms with Gasteiger partial charge in [-0.05, 0) is 46.3 Å². The third kappa shape index (κ3) is 4.01. The number of hydrazone groups is 1. The molecule has 1 heterocycles. The lowest BCUT2D eigenvalue weighted by Crippen LogP contribution is -2.21. The summed E-state index contributed by atoms with van der Waals surface area (Å²) in [5.74, 6) is -0.728. The van der Waals surface area contributed by atoms with Crippen LogP contribution in [0.3, 0.4) is 0 Å². The Kier molecular flexibility index (Phi) is 4.85. The summed E-state index contributed by atoms with van der Waals surface area (Å²) >= 11 is 3.14. The van der Waals surface area contributed by atoms with E-state index in [9.17, 15) is 9.59 Å². The number of rotatable bonds is 4. The molecule has 1 aromatic carbocycles. The average Bonchev–Trinajstić information content (AvgIpc) is 2.92. The number of furan rings is 1. The zero-order chi connectivity index (χ0) is 15.2. The normalized spacial score (nSPS) is 10.6. The minimum absolute atomic E-state index is 0.157. The fraction of sp³-hybridized carbons (Fsp3) is 0. The molecule has 0 aliphatic heterocycles. The van der Waals surface area contributed by atoms with Gasteiger partial charge in [-0.2, -0.15) is 5.10 Å². The van der Waals surface area contributed by atoms with Gasteiger partial charge in [0.1, 0.15) is 5.76 Å². The summed E-state index contributed by atoms with van der Waals surface area (Å²) in [6.45, 7) is 0. The first-order valence-electron chi connectivity index (χ1n) is 5.73. The number of nitrogens with zero attached hydrogens (tertiary/aromatic N) is 1. The summed E-state index contributed by atoms with van der Waals surface area (Å²) in [5.41, 5.74) is 4.19. The smallest absolute Gasteiger partial charge is 0.274 e. The Bertz CT molecular complexity index is 696. The fourth-order valence-electron chi connectivity index (χ4n) is 1.48. The molecule has 0 spiro atoms. The fourth-order valence-corrected chi connectivity index (χ4v) is 1.80. The average molecular weight is 352 g/mol. The minimum atomic E-state index is -0.700. The monoisotopic (exact) mass is 351 g/mol. The van der Waals surface area contributed by atoms with Crippen molar-refractivity contribution < 1.29 is 19.2 Å². The van der Waals surface area contributed by atoms with E-state index < -0.39 is 11.8 Å². The second-order valence-corrected chi connectivity index (χ2v) is 4.64. The maximum Gasteiger partial charge on any atom is 0.274 e. The largest absolute Gasteiger partial charge is 0.448 e. The summed E-state index contributed by atoms with van der Waals surface area (Å²) in [7, 11) is 0. The van der Waals surface area contributed by atoms with E-state index in [2.05, 4.69) is 26.5 Å². The van der Waals surface area contributed by atoms with Crippen LogP contribution >= 0.6 is 15.9 Å². The third-order valence-electron chi connectivity index (χ3n) is 2.44. The summed E-state index contributed by atoms with van der Waals surface area (Å²) in [5, 5.41) is 12.3. The molecule has 2 amide bonds. The molecule has 0 atom stereocenters. The molecule has 1 aromatic heterocycles. The Morgan fingerprint density at radius 1 is 1.19 bits per heavy atom. The van der Waals surface area contributed by atoms with Crippen LogP contribution in [0.25, 0.3) is 0 Å². The Balaban J connectivity index is 2.03. The van der Waals surface area contributed by atoms with Gasteiger partial charge in [-0.1, -0.05) is 6.07 Å². The first-order chi connectivity index (χ1) is 10.1. The van der Waals surface area contributed by atoms with E-state index >= 15 is 0 Å². The summed E-state index contributed by atoms with van der Waals surface area (Å²) in [6.07, 6.45) is 1.34. The summed E-state index contributed by atoms with van der Waals surface area (Å²) in [6, 6.07) is 9.20. The molecule has 0 unspecified atom stereocenters. The zero-order valence-electron chi connectivity index (χ0n) is 10.5. The standard InChI is InChI=1S/C13H10BrN3O4/c14-11-5-4-10(21-11)7-15-16-12(18)8-2-1-3-9(6-8)13(19)17-20/h1-7,20H,(H,16,18)(H,17,19)/b15-7+. The molecular formula is C13H10BrN3O4. The van der Waals surface area contributed by atoms with Crippen LogP contribution in [0.5, 0.6) is 0 Å². The van der Waals surface area contributed by atoms with E-state index in [1.54, 1.807) is 12.1 Å². The molecule has 3 N–H and O–H groups in total. The van der Waals surface area contributed by atoms with E-state index in [1.807, 2.05) is 0 Å². The highest BCUT2D eigenvalue weighted by Gasteiger charge is 2.09. The quantitative estimate of drug-likeness (QED) is 0.444. The van der Waals surface area contributed by atoms with Gasteiger partial charge in [0.2, 0.25) is 0 Å². The molecular weight excluding hydrogens is 342 g/mol. The maximum atomic E-state index is 11.8. The van der Waals surface area contributed by atoms with Crippen LogP contribution in [-0.4, -0.2) is 23.2 Å². The van der Waals surface area contributed by atoms with Crippen LogP contribution in [0, 0.1) is 0 Å². The highest BCUT2D eigenvalue weighted by molar-refractivity contribution is 9.10. The van der Waals surface area contributed by atoms with Gasteiger partial charge in [0.05, 0.1) is 6.21 Å². The lowest BCUT2D eigenvalue weighted by molar-refractivity contribution is 0.0706. The van der Waals surface area contributed by atoms with Crippen molar-refractivity contribution in [1.29, 1.82) is 0 Å². The van der Waals surface area contributed by atoms with Gasteiger partial charge < -0.3 is 4.42 Å². The van der Waals surface area contributed by atoms with E-state index in [0.717, 1.165) is 0 Å². The van der Waals surface area contributed by atoms with Crippen molar-refractivity contribution in [3.63, 3.8) is 0 Å². The second kappa shape index (κ2) is 6.82. The lowest BCUT2D eigenvalue weighted by Gasteiger charge is -2.02. The number of halogens is 1. The van der Waals surface area contributed by atoms with Crippen molar-refractivity contribution >= 4 is 34.0 Å². The number of hydrogen-bond acceptors (Lipinski definition) is 5. The van der Waals surface area contributed by atoms with Crippen LogP contribution in [-0.2, 0) is 0 Å². The zero-order valence-corrected chi connectivity index (χ0v) is 12.1. The van der Waals surface area contributed by atoms with E-state index in [1.165, 1.54) is 36.0 Å². The lowest BCUT2D eigenvalue weighted by atomic mass is 10.1. The molecule has 2 rings (SSSR count). The highest BCUT2D eigenvalue weighted by atomic mass is 79.9. The van der Waals surface area contributed by atoms with Crippen molar-refractivity contribution in [2.75, 3.05) is 0 Å². The number of benzene rings is 1. The van der Waals surface area contributed by atoms with Crippen molar-refractivity contribution in [3.8, 4) is 0 Å². The van der Waals surface area contributed by atoms with Gasteiger partial charge in [-0.25, -0.2) is 10.9 Å². The Labute approximate surface area is 127 Å².